The van der Waals surface area contributed by atoms with Gasteiger partial charge < -0.3 is 9.47 Å². The molecule has 0 fully saturated rings. The number of hydrogen-bond acceptors (Lipinski definition) is 1. The van der Waals surface area contributed by atoms with Crippen molar-refractivity contribution in [3.05, 3.63) is 181 Å². The normalized spacial score (nSPS) is 12.3. The third kappa shape index (κ3) is 8.50. The Morgan fingerprint density at radius 1 is 0.329 bits per heavy atom. The van der Waals surface area contributed by atoms with Crippen molar-refractivity contribution in [3.8, 4) is 61.3 Å². The highest BCUT2D eigenvalue weighted by atomic mass is 15.1. The van der Waals surface area contributed by atoms with E-state index in [0.29, 0.717) is 21.9 Å². The molecule has 0 saturated heterocycles. The standard InChI is InChI=1S/C63H34B12N2.C2H6/c1-63(2)42-16-10-9-15-39(42)40-28-26-38(30-43(40)63)76(37-24-21-35(22-25-37)34-19-17-33(18-20-34)31-11-5-3-6-12-31)44-29-36(32-13-7-4-8-14-32)23-27-41(44)45-46-47-49(65)50(66)53(69)57(73)61(47)77(60(46)56(72)51(67)48(45)64)62-58(74)54(70)52(68)55(71)59(62)75;1-2/h3-30H,1-2H3;1-2H3. The Balaban J connectivity index is 0.00000326. The number of benzene rings is 10. The van der Waals surface area contributed by atoms with E-state index in [1.54, 1.807) is 4.57 Å². The predicted octanol–water partition coefficient (Wildman–Crippen LogP) is 3.78. The summed E-state index contributed by atoms with van der Waals surface area (Å²) in [5.41, 5.74) is 15.5. The number of hydrogen-bond donors (Lipinski definition) is 0. The first-order valence-electron chi connectivity index (χ1n) is 26.1. The molecule has 12 rings (SSSR count). The van der Waals surface area contributed by atoms with Gasteiger partial charge in [0.2, 0.25) is 0 Å². The molecule has 1 heterocycles. The lowest BCUT2D eigenvalue weighted by Crippen LogP contribution is -2.56. The van der Waals surface area contributed by atoms with E-state index in [2.05, 4.69) is 146 Å². The number of fused-ring (bicyclic) bond motifs is 6. The van der Waals surface area contributed by atoms with Crippen LogP contribution in [0.15, 0.2) is 170 Å². The van der Waals surface area contributed by atoms with E-state index in [0.717, 1.165) is 50.4 Å². The molecule has 0 amide bonds. The van der Waals surface area contributed by atoms with Gasteiger partial charge in [0.15, 0.2) is 0 Å². The molecule has 79 heavy (non-hydrogen) atoms. The Kier molecular flexibility index (Phi) is 14.0. The van der Waals surface area contributed by atoms with Gasteiger partial charge in [0.05, 0.1) is 5.69 Å². The van der Waals surface area contributed by atoms with Gasteiger partial charge in [-0.05, 0) is 91.5 Å². The first-order chi connectivity index (χ1) is 38.0. The number of aromatic nitrogens is 1. The molecule has 0 spiro atoms. The largest absolute Gasteiger partial charge is 0.312 e. The van der Waals surface area contributed by atoms with E-state index < -0.39 is 0 Å². The van der Waals surface area contributed by atoms with Crippen molar-refractivity contribution in [1.82, 2.24) is 4.57 Å². The van der Waals surface area contributed by atoms with Gasteiger partial charge in [-0.1, -0.05) is 200 Å². The molecular weight excluding hydrogens is 938 g/mol. The molecule has 0 bridgehead atoms. The fraction of sp³-hybridized carbons (Fsp3) is 0.0769. The van der Waals surface area contributed by atoms with E-state index in [-0.39, 0.29) is 87.7 Å². The van der Waals surface area contributed by atoms with Crippen LogP contribution in [0.2, 0.25) is 0 Å². The van der Waals surface area contributed by atoms with Crippen LogP contribution < -0.4 is 70.5 Å². The van der Waals surface area contributed by atoms with Crippen LogP contribution in [-0.4, -0.2) is 98.7 Å². The Labute approximate surface area is 480 Å². The second-order valence-electron chi connectivity index (χ2n) is 20.3. The molecule has 0 aliphatic heterocycles. The van der Waals surface area contributed by atoms with Crippen LogP contribution in [-0.2, 0) is 5.41 Å². The smallest absolute Gasteiger partial charge is 0.115 e. The van der Waals surface area contributed by atoms with Gasteiger partial charge in [-0.3, -0.25) is 0 Å². The Morgan fingerprint density at radius 2 is 0.734 bits per heavy atom. The van der Waals surface area contributed by atoms with Crippen LogP contribution in [0.1, 0.15) is 38.8 Å². The van der Waals surface area contributed by atoms with Gasteiger partial charge in [0.25, 0.3) is 0 Å². The summed E-state index contributed by atoms with van der Waals surface area (Å²) in [4.78, 5) is 2.25. The van der Waals surface area contributed by atoms with Gasteiger partial charge >= 0.3 is 0 Å². The van der Waals surface area contributed by atoms with E-state index in [1.165, 1.54) is 22.3 Å². The van der Waals surface area contributed by atoms with Crippen molar-refractivity contribution in [1.29, 1.82) is 0 Å². The predicted molar refractivity (Wildman–Crippen MR) is 351 cm³/mol. The van der Waals surface area contributed by atoms with Crippen molar-refractivity contribution in [3.63, 3.8) is 0 Å². The lowest BCUT2D eigenvalue weighted by atomic mass is 9.61. The zero-order valence-electron chi connectivity index (χ0n) is 44.5. The maximum Gasteiger partial charge on any atom is 0.115 e. The van der Waals surface area contributed by atoms with Crippen molar-refractivity contribution in [2.75, 3.05) is 4.90 Å². The van der Waals surface area contributed by atoms with Gasteiger partial charge in [0, 0.05) is 49.8 Å². The first-order valence-corrected chi connectivity index (χ1v) is 26.1. The van der Waals surface area contributed by atoms with Crippen LogP contribution in [0.5, 0.6) is 0 Å². The Bertz CT molecular complexity index is 4220. The number of rotatable bonds is 8. The van der Waals surface area contributed by atoms with Crippen molar-refractivity contribution < 1.29 is 0 Å². The summed E-state index contributed by atoms with van der Waals surface area (Å²) in [5.74, 6) is 0. The van der Waals surface area contributed by atoms with Gasteiger partial charge in [-0.25, -0.2) is 0 Å². The molecule has 0 saturated carbocycles. The van der Waals surface area contributed by atoms with Crippen LogP contribution in [0.3, 0.4) is 0 Å². The Morgan fingerprint density at radius 3 is 1.32 bits per heavy atom. The van der Waals surface area contributed by atoms with E-state index >= 15 is 0 Å². The third-order valence-electron chi connectivity index (χ3n) is 15.7. The van der Waals surface area contributed by atoms with Crippen LogP contribution >= 0.6 is 0 Å². The van der Waals surface area contributed by atoms with Gasteiger partial charge in [-0.2, -0.15) is 0 Å². The minimum Gasteiger partial charge on any atom is -0.312 e. The van der Waals surface area contributed by atoms with Crippen molar-refractivity contribution in [2.24, 2.45) is 0 Å². The SMILES string of the molecule is CC.[B]c1c([B])c([B])c(-n2c3c([B])c([B])c([B])c([B])c3c3c(-c4ccc(-c5ccccc5)cc4N(c4ccc(-c5ccc(-c6ccccc6)cc5)cc4)c4ccc5c(c4)C(C)(C)c4ccccc4-5)c([B])c([B])c([B])c32)c([B])c1[B]. The highest BCUT2D eigenvalue weighted by Gasteiger charge is 2.36. The molecule has 0 atom stereocenters. The summed E-state index contributed by atoms with van der Waals surface area (Å²) in [6.07, 6.45) is 0. The monoisotopic (exact) mass is 980 g/mol. The quantitative estimate of drug-likeness (QED) is 0.211. The molecule has 0 N–H and O–H groups in total. The summed E-state index contributed by atoms with van der Waals surface area (Å²) in [5, 5.41) is 0.788. The molecular formula is C65H40B12N2. The van der Waals surface area contributed by atoms with Gasteiger partial charge in [0.1, 0.15) is 94.2 Å². The summed E-state index contributed by atoms with van der Waals surface area (Å²) in [7, 11) is 82.7. The molecule has 1 aliphatic carbocycles. The summed E-state index contributed by atoms with van der Waals surface area (Å²) < 4.78 is 1.64. The average molecular weight is 979 g/mol. The lowest BCUT2D eigenvalue weighted by Gasteiger charge is -2.31. The number of anilines is 3. The minimum atomic E-state index is -0.334. The lowest BCUT2D eigenvalue weighted by molar-refractivity contribution is 0.660. The van der Waals surface area contributed by atoms with Crippen LogP contribution in [0, 0.1) is 0 Å². The van der Waals surface area contributed by atoms with Gasteiger partial charge in [-0.15, -0.1) is 32.8 Å². The van der Waals surface area contributed by atoms with E-state index in [9.17, 15) is 0 Å². The molecule has 1 aliphatic rings. The maximum absolute atomic E-state index is 7.42. The second-order valence-corrected chi connectivity index (χ2v) is 20.3. The molecule has 11 aromatic rings. The first kappa shape index (κ1) is 53.6. The minimum absolute atomic E-state index is 0.00550. The fourth-order valence-corrected chi connectivity index (χ4v) is 11.5. The van der Waals surface area contributed by atoms with E-state index in [4.69, 9.17) is 94.2 Å². The second kappa shape index (κ2) is 20.7. The summed E-state index contributed by atoms with van der Waals surface area (Å²) >= 11 is 0. The molecule has 24 radical (unpaired) electrons. The average Bonchev–Trinajstić information content (AvgIpc) is 3.48. The summed E-state index contributed by atoms with van der Waals surface area (Å²) in [6.45, 7) is 8.54. The maximum atomic E-state index is 7.42. The van der Waals surface area contributed by atoms with Crippen LogP contribution in [0.25, 0.3) is 83.1 Å². The van der Waals surface area contributed by atoms with Crippen molar-refractivity contribution >= 4 is 199 Å². The van der Waals surface area contributed by atoms with Crippen LogP contribution in [0.4, 0.5) is 17.1 Å². The summed E-state index contributed by atoms with van der Waals surface area (Å²) in [6, 6.07) is 59.2. The highest BCUT2D eigenvalue weighted by Crippen LogP contribution is 2.52. The molecule has 346 valence electrons. The van der Waals surface area contributed by atoms with Crippen molar-refractivity contribution in [2.45, 2.75) is 33.1 Å². The van der Waals surface area contributed by atoms with E-state index in [1.807, 2.05) is 56.3 Å². The molecule has 0 unspecified atom stereocenters. The topological polar surface area (TPSA) is 8.17 Å². The molecule has 10 aromatic carbocycles. The number of nitrogens with zero attached hydrogens (tertiary/aromatic N) is 2. The molecule has 2 nitrogen and oxygen atoms in total. The zero-order chi connectivity index (χ0) is 55.9. The third-order valence-corrected chi connectivity index (χ3v) is 15.7. The fourth-order valence-electron chi connectivity index (χ4n) is 11.5. The Hall–Kier alpha value is -7.42. The molecule has 1 aromatic heterocycles. The zero-order valence-corrected chi connectivity index (χ0v) is 44.5. The molecule has 14 heteroatoms. The highest BCUT2D eigenvalue weighted by molar-refractivity contribution is 6.71.